The van der Waals surface area contributed by atoms with Crippen LogP contribution in [0, 0.1) is 29.5 Å². The number of hydrogen-bond donors (Lipinski definition) is 0. The van der Waals surface area contributed by atoms with E-state index in [4.69, 9.17) is 14.2 Å². The summed E-state index contributed by atoms with van der Waals surface area (Å²) in [4.78, 5) is 0. The van der Waals surface area contributed by atoms with Crippen LogP contribution in [0.15, 0.2) is 24.3 Å². The summed E-state index contributed by atoms with van der Waals surface area (Å²) in [7, 11) is 0. The Kier molecular flexibility index (Phi) is 7.25. The van der Waals surface area contributed by atoms with Crippen molar-refractivity contribution in [1.82, 2.24) is 0 Å². The standard InChI is InChI=1S/C24H35FO3/c25-22-10-12-23(13-11-22)28-17-19-3-8-21(9-4-19)20-6-1-18(2-7-20)5-14-24-26-15-16-27-24/h10-13,18-21,24H,1-9,14-17H2/t18-,19-,20-,21-. The summed E-state index contributed by atoms with van der Waals surface area (Å²) >= 11 is 0. The molecule has 0 atom stereocenters. The molecule has 0 aromatic heterocycles. The highest BCUT2D eigenvalue weighted by atomic mass is 19.1. The Morgan fingerprint density at radius 2 is 1.32 bits per heavy atom. The largest absolute Gasteiger partial charge is 0.493 e. The summed E-state index contributed by atoms with van der Waals surface area (Å²) in [6, 6.07) is 6.39. The van der Waals surface area contributed by atoms with Crippen molar-refractivity contribution in [3.8, 4) is 5.75 Å². The fourth-order valence-corrected chi connectivity index (χ4v) is 5.47. The molecule has 1 aliphatic heterocycles. The lowest BCUT2D eigenvalue weighted by Crippen LogP contribution is -2.27. The third-order valence-corrected chi connectivity index (χ3v) is 7.25. The van der Waals surface area contributed by atoms with Crippen LogP contribution in [0.2, 0.25) is 0 Å². The molecular formula is C24H35FO3. The molecule has 1 aromatic carbocycles. The van der Waals surface area contributed by atoms with E-state index >= 15 is 0 Å². The van der Waals surface area contributed by atoms with Crippen molar-refractivity contribution in [3.63, 3.8) is 0 Å². The Bertz CT molecular complexity index is 568. The highest BCUT2D eigenvalue weighted by molar-refractivity contribution is 5.22. The predicted octanol–water partition coefficient (Wildman–Crippen LogP) is 5.97. The maximum Gasteiger partial charge on any atom is 0.157 e. The molecular weight excluding hydrogens is 355 g/mol. The molecule has 0 bridgehead atoms. The molecule has 28 heavy (non-hydrogen) atoms. The van der Waals surface area contributed by atoms with Gasteiger partial charge in [-0.05, 0) is 99.3 Å². The molecule has 3 nitrogen and oxygen atoms in total. The van der Waals surface area contributed by atoms with E-state index in [-0.39, 0.29) is 12.1 Å². The molecule has 156 valence electrons. The van der Waals surface area contributed by atoms with Crippen LogP contribution in [0.1, 0.15) is 64.2 Å². The summed E-state index contributed by atoms with van der Waals surface area (Å²) in [5.41, 5.74) is 0. The molecule has 1 heterocycles. The van der Waals surface area contributed by atoms with Crippen LogP contribution in [0.5, 0.6) is 5.75 Å². The van der Waals surface area contributed by atoms with Gasteiger partial charge in [-0.1, -0.05) is 12.8 Å². The van der Waals surface area contributed by atoms with Gasteiger partial charge in [0.1, 0.15) is 11.6 Å². The van der Waals surface area contributed by atoms with E-state index in [9.17, 15) is 4.39 Å². The second-order valence-corrected chi connectivity index (χ2v) is 9.08. The van der Waals surface area contributed by atoms with E-state index in [0.29, 0.717) is 5.92 Å². The minimum atomic E-state index is -0.206. The molecule has 2 saturated carbocycles. The second-order valence-electron chi connectivity index (χ2n) is 9.08. The number of rotatable bonds is 7. The van der Waals surface area contributed by atoms with E-state index in [0.717, 1.165) is 49.7 Å². The molecule has 3 fully saturated rings. The minimum absolute atomic E-state index is 0.0742. The minimum Gasteiger partial charge on any atom is -0.493 e. The predicted molar refractivity (Wildman–Crippen MR) is 108 cm³/mol. The van der Waals surface area contributed by atoms with E-state index in [1.54, 1.807) is 12.1 Å². The molecule has 4 rings (SSSR count). The average molecular weight is 391 g/mol. The molecule has 2 aliphatic carbocycles. The molecule has 0 amide bonds. The summed E-state index contributed by atoms with van der Waals surface area (Å²) in [5, 5.41) is 0. The Morgan fingerprint density at radius 3 is 1.93 bits per heavy atom. The molecule has 1 aromatic rings. The molecule has 3 aliphatic rings. The number of ether oxygens (including phenoxy) is 3. The fraction of sp³-hybridized carbons (Fsp3) is 0.750. The fourth-order valence-electron chi connectivity index (χ4n) is 5.47. The summed E-state index contributed by atoms with van der Waals surface area (Å²) in [6.07, 6.45) is 13.3. The monoisotopic (exact) mass is 390 g/mol. The highest BCUT2D eigenvalue weighted by Gasteiger charge is 2.31. The lowest BCUT2D eigenvalue weighted by molar-refractivity contribution is -0.0514. The van der Waals surface area contributed by atoms with Crippen LogP contribution < -0.4 is 4.74 Å². The van der Waals surface area contributed by atoms with Crippen molar-refractivity contribution in [2.75, 3.05) is 19.8 Å². The summed E-state index contributed by atoms with van der Waals surface area (Å²) < 4.78 is 30.0. The van der Waals surface area contributed by atoms with E-state index in [2.05, 4.69) is 0 Å². The van der Waals surface area contributed by atoms with Gasteiger partial charge in [-0.2, -0.15) is 0 Å². The SMILES string of the molecule is Fc1ccc(OC[C@H]2CC[C@H]([C@H]3CC[C@H](CCC4OCCO4)CC3)CC2)cc1. The first-order valence-corrected chi connectivity index (χ1v) is 11.4. The van der Waals surface area contributed by atoms with E-state index in [1.807, 2.05) is 0 Å². The number of halogens is 1. The highest BCUT2D eigenvalue weighted by Crippen LogP contribution is 2.42. The maximum absolute atomic E-state index is 13.0. The molecule has 0 unspecified atom stereocenters. The number of hydrogen-bond acceptors (Lipinski definition) is 3. The van der Waals surface area contributed by atoms with Crippen LogP contribution >= 0.6 is 0 Å². The second kappa shape index (κ2) is 10.1. The first-order chi connectivity index (χ1) is 13.8. The molecule has 0 spiro atoms. The Labute approximate surface area is 168 Å². The molecule has 4 heteroatoms. The van der Waals surface area contributed by atoms with Gasteiger partial charge in [0.15, 0.2) is 6.29 Å². The van der Waals surface area contributed by atoms with Gasteiger partial charge in [0.25, 0.3) is 0 Å². The van der Waals surface area contributed by atoms with Gasteiger partial charge in [-0.25, -0.2) is 4.39 Å². The Morgan fingerprint density at radius 1 is 0.750 bits per heavy atom. The third-order valence-electron chi connectivity index (χ3n) is 7.25. The van der Waals surface area contributed by atoms with Gasteiger partial charge < -0.3 is 14.2 Å². The van der Waals surface area contributed by atoms with Crippen molar-refractivity contribution in [3.05, 3.63) is 30.1 Å². The molecule has 0 radical (unpaired) electrons. The lowest BCUT2D eigenvalue weighted by atomic mass is 9.69. The number of benzene rings is 1. The van der Waals surface area contributed by atoms with Gasteiger partial charge >= 0.3 is 0 Å². The zero-order valence-electron chi connectivity index (χ0n) is 17.0. The third kappa shape index (κ3) is 5.70. The van der Waals surface area contributed by atoms with Crippen LogP contribution in [-0.4, -0.2) is 26.1 Å². The topological polar surface area (TPSA) is 27.7 Å². The van der Waals surface area contributed by atoms with Gasteiger partial charge in [0.2, 0.25) is 0 Å². The zero-order valence-corrected chi connectivity index (χ0v) is 17.0. The van der Waals surface area contributed by atoms with Crippen molar-refractivity contribution in [1.29, 1.82) is 0 Å². The smallest absolute Gasteiger partial charge is 0.157 e. The van der Waals surface area contributed by atoms with Crippen LogP contribution in [0.25, 0.3) is 0 Å². The van der Waals surface area contributed by atoms with Crippen molar-refractivity contribution in [2.45, 2.75) is 70.5 Å². The summed E-state index contributed by atoms with van der Waals surface area (Å²) in [6.45, 7) is 2.32. The quantitative estimate of drug-likeness (QED) is 0.574. The Hall–Kier alpha value is -1.13. The van der Waals surface area contributed by atoms with Gasteiger partial charge in [0, 0.05) is 0 Å². The Balaban J connectivity index is 1.11. The maximum atomic E-state index is 13.0. The molecule has 1 saturated heterocycles. The lowest BCUT2D eigenvalue weighted by Gasteiger charge is -2.38. The first-order valence-electron chi connectivity index (χ1n) is 11.4. The van der Waals surface area contributed by atoms with Gasteiger partial charge in [-0.3, -0.25) is 0 Å². The van der Waals surface area contributed by atoms with Crippen molar-refractivity contribution in [2.24, 2.45) is 23.7 Å². The van der Waals surface area contributed by atoms with Crippen LogP contribution in [0.3, 0.4) is 0 Å². The average Bonchev–Trinajstić information content (AvgIpc) is 3.26. The zero-order chi connectivity index (χ0) is 19.2. The van der Waals surface area contributed by atoms with E-state index < -0.39 is 0 Å². The van der Waals surface area contributed by atoms with Crippen LogP contribution in [0.4, 0.5) is 4.39 Å². The molecule has 0 N–H and O–H groups in total. The van der Waals surface area contributed by atoms with Crippen molar-refractivity contribution >= 4 is 0 Å². The van der Waals surface area contributed by atoms with Gasteiger partial charge in [0.05, 0.1) is 19.8 Å². The van der Waals surface area contributed by atoms with Crippen molar-refractivity contribution < 1.29 is 18.6 Å². The summed E-state index contributed by atoms with van der Waals surface area (Å²) in [5.74, 6) is 3.98. The van der Waals surface area contributed by atoms with E-state index in [1.165, 1.54) is 69.9 Å². The van der Waals surface area contributed by atoms with Crippen LogP contribution in [-0.2, 0) is 9.47 Å². The normalized spacial score (nSPS) is 31.8. The first kappa shape index (κ1) is 20.2. The van der Waals surface area contributed by atoms with Gasteiger partial charge in [-0.15, -0.1) is 0 Å².